The molecule has 1 aromatic heterocycles. The second-order valence-electron chi connectivity index (χ2n) is 6.20. The van der Waals surface area contributed by atoms with Crippen LogP contribution in [0.15, 0.2) is 21.7 Å². The van der Waals surface area contributed by atoms with Gasteiger partial charge in [-0.2, -0.15) is 5.26 Å². The van der Waals surface area contributed by atoms with Crippen LogP contribution in [0.5, 0.6) is 0 Å². The molecule has 1 heterocycles. The molecule has 1 aromatic rings. The minimum Gasteiger partial charge on any atom is -0.198 e. The van der Waals surface area contributed by atoms with Crippen LogP contribution in [0.4, 0.5) is 0 Å². The summed E-state index contributed by atoms with van der Waals surface area (Å²) < 4.78 is 1.36. The van der Waals surface area contributed by atoms with E-state index in [4.69, 9.17) is 0 Å². The maximum Gasteiger partial charge on any atom is 0.0667 e. The molecule has 0 radical (unpaired) electrons. The molecule has 3 unspecified atom stereocenters. The van der Waals surface area contributed by atoms with E-state index in [2.05, 4.69) is 44.4 Å². The molecule has 1 nitrogen and oxygen atoms in total. The number of hydrogen-bond donors (Lipinski definition) is 0. The third-order valence-electron chi connectivity index (χ3n) is 3.94. The lowest BCUT2D eigenvalue weighted by Gasteiger charge is -2.39. The lowest BCUT2D eigenvalue weighted by atomic mass is 9.70. The van der Waals surface area contributed by atoms with Crippen LogP contribution in [0.3, 0.4) is 0 Å². The molecule has 0 spiro atoms. The van der Waals surface area contributed by atoms with Crippen LogP contribution >= 0.6 is 23.1 Å². The molecule has 0 bridgehead atoms. The van der Waals surface area contributed by atoms with Crippen molar-refractivity contribution in [3.8, 4) is 6.07 Å². The Morgan fingerprint density at radius 1 is 1.39 bits per heavy atom. The molecular weight excluding hydrogens is 258 g/mol. The summed E-state index contributed by atoms with van der Waals surface area (Å²) in [5, 5.41) is 11.9. The highest BCUT2D eigenvalue weighted by Gasteiger charge is 2.36. The van der Waals surface area contributed by atoms with E-state index in [0.29, 0.717) is 10.7 Å². The Labute approximate surface area is 119 Å². The Bertz CT molecular complexity index is 411. The van der Waals surface area contributed by atoms with Gasteiger partial charge in [-0.1, -0.05) is 26.8 Å². The number of nitrogens with zero attached hydrogens (tertiary/aromatic N) is 1. The zero-order chi connectivity index (χ0) is 13.2. The maximum atomic E-state index is 9.32. The highest BCUT2D eigenvalue weighted by atomic mass is 32.2. The van der Waals surface area contributed by atoms with Gasteiger partial charge in [0.05, 0.1) is 16.2 Å². The normalized spacial score (nSPS) is 28.9. The molecule has 1 aliphatic carbocycles. The fourth-order valence-electron chi connectivity index (χ4n) is 2.67. The quantitative estimate of drug-likeness (QED) is 0.743. The molecule has 0 aliphatic heterocycles. The average molecular weight is 279 g/mol. The molecule has 1 fully saturated rings. The summed E-state index contributed by atoms with van der Waals surface area (Å²) in [5.74, 6) is 0.982. The van der Waals surface area contributed by atoms with Crippen LogP contribution in [0.1, 0.15) is 40.0 Å². The SMILES string of the molecule is CC(C)(C)C1CCC(C#N)C(Sc2cccs2)C1. The summed E-state index contributed by atoms with van der Waals surface area (Å²) in [4.78, 5) is 0. The number of rotatable bonds is 2. The van der Waals surface area contributed by atoms with Crippen LogP contribution < -0.4 is 0 Å². The molecule has 98 valence electrons. The molecule has 0 amide bonds. The first-order valence-electron chi connectivity index (χ1n) is 6.60. The number of hydrogen-bond acceptors (Lipinski definition) is 3. The molecule has 0 N–H and O–H groups in total. The second kappa shape index (κ2) is 5.67. The van der Waals surface area contributed by atoms with Gasteiger partial charge in [0.1, 0.15) is 0 Å². The summed E-state index contributed by atoms with van der Waals surface area (Å²) in [7, 11) is 0. The fraction of sp³-hybridized carbons (Fsp3) is 0.667. The molecule has 18 heavy (non-hydrogen) atoms. The lowest BCUT2D eigenvalue weighted by Crippen LogP contribution is -2.32. The standard InChI is InChI=1S/C15H21NS2/c1-15(2,3)12-7-6-11(10-16)13(9-12)18-14-5-4-8-17-14/h4-5,8,11-13H,6-7,9H2,1-3H3. The topological polar surface area (TPSA) is 23.8 Å². The Hall–Kier alpha value is -0.460. The van der Waals surface area contributed by atoms with Crippen molar-refractivity contribution in [1.82, 2.24) is 0 Å². The van der Waals surface area contributed by atoms with E-state index in [1.807, 2.05) is 11.8 Å². The van der Waals surface area contributed by atoms with Gasteiger partial charge >= 0.3 is 0 Å². The average Bonchev–Trinajstić information content (AvgIpc) is 2.80. The van der Waals surface area contributed by atoms with Crippen molar-refractivity contribution in [2.24, 2.45) is 17.3 Å². The minimum atomic E-state index is 0.232. The van der Waals surface area contributed by atoms with E-state index in [-0.39, 0.29) is 5.92 Å². The third kappa shape index (κ3) is 3.30. The van der Waals surface area contributed by atoms with Gasteiger partial charge in [-0.05, 0) is 42.0 Å². The van der Waals surface area contributed by atoms with Gasteiger partial charge in [0, 0.05) is 5.25 Å². The van der Waals surface area contributed by atoms with E-state index >= 15 is 0 Å². The van der Waals surface area contributed by atoms with Crippen molar-refractivity contribution in [2.45, 2.75) is 49.5 Å². The maximum absolute atomic E-state index is 9.32. The van der Waals surface area contributed by atoms with Crippen molar-refractivity contribution in [2.75, 3.05) is 0 Å². The largest absolute Gasteiger partial charge is 0.198 e. The Morgan fingerprint density at radius 2 is 2.17 bits per heavy atom. The van der Waals surface area contributed by atoms with Gasteiger partial charge in [-0.25, -0.2) is 0 Å². The fourth-order valence-corrected chi connectivity index (χ4v) is 5.03. The minimum absolute atomic E-state index is 0.232. The van der Waals surface area contributed by atoms with Crippen LogP contribution in [0.25, 0.3) is 0 Å². The summed E-state index contributed by atoms with van der Waals surface area (Å²) in [6.45, 7) is 6.99. The van der Waals surface area contributed by atoms with Crippen molar-refractivity contribution >= 4 is 23.1 Å². The Kier molecular flexibility index (Phi) is 4.40. The van der Waals surface area contributed by atoms with E-state index < -0.39 is 0 Å². The summed E-state index contributed by atoms with van der Waals surface area (Å²) in [6.07, 6.45) is 3.47. The van der Waals surface area contributed by atoms with Gasteiger partial charge in [0.15, 0.2) is 0 Å². The summed E-state index contributed by atoms with van der Waals surface area (Å²) in [5.41, 5.74) is 0.370. The highest BCUT2D eigenvalue weighted by Crippen LogP contribution is 2.46. The predicted molar refractivity (Wildman–Crippen MR) is 79.9 cm³/mol. The zero-order valence-electron chi connectivity index (χ0n) is 11.3. The van der Waals surface area contributed by atoms with Crippen molar-refractivity contribution in [1.29, 1.82) is 5.26 Å². The Morgan fingerprint density at radius 3 is 2.72 bits per heavy atom. The first-order valence-corrected chi connectivity index (χ1v) is 8.36. The first-order chi connectivity index (χ1) is 8.50. The number of nitriles is 1. The van der Waals surface area contributed by atoms with E-state index in [1.54, 1.807) is 11.3 Å². The molecule has 0 aromatic carbocycles. The van der Waals surface area contributed by atoms with Crippen molar-refractivity contribution < 1.29 is 0 Å². The smallest absolute Gasteiger partial charge is 0.0667 e. The highest BCUT2D eigenvalue weighted by molar-refractivity contribution is 8.01. The molecule has 2 rings (SSSR count). The lowest BCUT2D eigenvalue weighted by molar-refractivity contribution is 0.169. The summed E-state index contributed by atoms with van der Waals surface area (Å²) >= 11 is 3.71. The van der Waals surface area contributed by atoms with Gasteiger partial charge in [0.2, 0.25) is 0 Å². The zero-order valence-corrected chi connectivity index (χ0v) is 13.0. The van der Waals surface area contributed by atoms with Crippen LogP contribution in [-0.4, -0.2) is 5.25 Å². The van der Waals surface area contributed by atoms with E-state index in [0.717, 1.165) is 12.3 Å². The molecule has 1 saturated carbocycles. The monoisotopic (exact) mass is 279 g/mol. The number of thioether (sulfide) groups is 1. The van der Waals surface area contributed by atoms with Crippen molar-refractivity contribution in [3.63, 3.8) is 0 Å². The second-order valence-corrected chi connectivity index (χ2v) is 8.69. The number of thiophene rings is 1. The van der Waals surface area contributed by atoms with Gasteiger partial charge < -0.3 is 0 Å². The molecular formula is C15H21NS2. The Balaban J connectivity index is 2.07. The van der Waals surface area contributed by atoms with Gasteiger partial charge in [-0.15, -0.1) is 23.1 Å². The van der Waals surface area contributed by atoms with E-state index in [1.165, 1.54) is 17.1 Å². The van der Waals surface area contributed by atoms with Crippen molar-refractivity contribution in [3.05, 3.63) is 17.5 Å². The molecule has 0 saturated heterocycles. The molecule has 3 heteroatoms. The third-order valence-corrected chi connectivity index (χ3v) is 6.38. The van der Waals surface area contributed by atoms with Crippen LogP contribution in [0, 0.1) is 28.6 Å². The van der Waals surface area contributed by atoms with Gasteiger partial charge in [-0.3, -0.25) is 0 Å². The molecule has 1 aliphatic rings. The molecule has 3 atom stereocenters. The summed E-state index contributed by atoms with van der Waals surface area (Å²) in [6, 6.07) is 6.79. The van der Waals surface area contributed by atoms with Gasteiger partial charge in [0.25, 0.3) is 0 Å². The predicted octanol–water partition coefficient (Wildman–Crippen LogP) is 5.19. The van der Waals surface area contributed by atoms with E-state index in [9.17, 15) is 5.26 Å². The van der Waals surface area contributed by atoms with Crippen LogP contribution in [-0.2, 0) is 0 Å². The van der Waals surface area contributed by atoms with Crippen LogP contribution in [0.2, 0.25) is 0 Å². The first kappa shape index (κ1) is 14.0.